The molecule has 3 rings (SSSR count). The van der Waals surface area contributed by atoms with Crippen molar-refractivity contribution in [2.75, 3.05) is 6.61 Å². The monoisotopic (exact) mass is 380 g/mol. The van der Waals surface area contributed by atoms with E-state index in [0.29, 0.717) is 6.54 Å². The van der Waals surface area contributed by atoms with Gasteiger partial charge in [0.15, 0.2) is 6.61 Å². The molecule has 140 valence electrons. The summed E-state index contributed by atoms with van der Waals surface area (Å²) in [6.45, 7) is 6.76. The Morgan fingerprint density at radius 3 is 2.52 bits per heavy atom. The summed E-state index contributed by atoms with van der Waals surface area (Å²) in [5.41, 5.74) is 2.98. The fourth-order valence-electron chi connectivity index (χ4n) is 2.70. The Bertz CT molecular complexity index is 898. The summed E-state index contributed by atoms with van der Waals surface area (Å²) in [6, 6.07) is 17.9. The minimum atomic E-state index is -0.159. The fraction of sp³-hybridized carbons (Fsp3) is 0.273. The number of carbonyl (C=O) groups is 1. The summed E-state index contributed by atoms with van der Waals surface area (Å²) < 4.78 is 5.76. The maximum absolute atomic E-state index is 12.2. The van der Waals surface area contributed by atoms with Crippen LogP contribution >= 0.6 is 11.3 Å². The van der Waals surface area contributed by atoms with Gasteiger partial charge in [-0.1, -0.05) is 69.3 Å². The van der Waals surface area contributed by atoms with Crippen molar-refractivity contribution in [2.24, 2.45) is 0 Å². The Morgan fingerprint density at radius 1 is 1.07 bits per heavy atom. The third-order valence-corrected chi connectivity index (χ3v) is 5.03. The van der Waals surface area contributed by atoms with Crippen molar-refractivity contribution in [1.29, 1.82) is 0 Å². The zero-order valence-corrected chi connectivity index (χ0v) is 16.7. The predicted molar refractivity (Wildman–Crippen MR) is 110 cm³/mol. The molecule has 0 aliphatic rings. The minimum Gasteiger partial charge on any atom is -0.483 e. The lowest BCUT2D eigenvalue weighted by Gasteiger charge is -2.22. The number of ether oxygens (including phenoxy) is 1. The van der Waals surface area contributed by atoms with E-state index in [0.717, 1.165) is 27.6 Å². The van der Waals surface area contributed by atoms with E-state index in [-0.39, 0.29) is 17.9 Å². The Morgan fingerprint density at radius 2 is 1.78 bits per heavy atom. The zero-order chi connectivity index (χ0) is 19.3. The smallest absolute Gasteiger partial charge is 0.258 e. The van der Waals surface area contributed by atoms with Gasteiger partial charge in [0, 0.05) is 10.9 Å². The highest BCUT2D eigenvalue weighted by molar-refractivity contribution is 7.13. The number of hydrogen-bond donors (Lipinski definition) is 1. The molecule has 4 nitrogen and oxygen atoms in total. The molecule has 0 saturated carbocycles. The van der Waals surface area contributed by atoms with E-state index in [9.17, 15) is 4.79 Å². The number of rotatable bonds is 6. The lowest BCUT2D eigenvalue weighted by molar-refractivity contribution is -0.123. The molecule has 0 atom stereocenters. The van der Waals surface area contributed by atoms with Gasteiger partial charge in [0.25, 0.3) is 5.91 Å². The second-order valence-electron chi connectivity index (χ2n) is 7.32. The summed E-state index contributed by atoms with van der Waals surface area (Å²) >= 11 is 1.58. The third-order valence-electron chi connectivity index (χ3n) is 4.09. The van der Waals surface area contributed by atoms with Crippen LogP contribution in [0.5, 0.6) is 5.75 Å². The normalized spacial score (nSPS) is 11.2. The maximum atomic E-state index is 12.2. The van der Waals surface area contributed by atoms with Gasteiger partial charge in [0.2, 0.25) is 0 Å². The number of carbonyl (C=O) groups excluding carboxylic acids is 1. The molecule has 0 spiro atoms. The molecule has 0 radical (unpaired) electrons. The quantitative estimate of drug-likeness (QED) is 0.668. The molecule has 1 heterocycles. The van der Waals surface area contributed by atoms with Crippen LogP contribution in [0, 0.1) is 0 Å². The van der Waals surface area contributed by atoms with Crippen LogP contribution in [0.4, 0.5) is 0 Å². The molecule has 1 amide bonds. The standard InChI is InChI=1S/C22H24N2O2S/c1-22(2,3)18-11-7-8-12-19(18)26-14-20(25)23-13-17-15-27-21(24-17)16-9-5-4-6-10-16/h4-12,15H,13-14H2,1-3H3,(H,23,25). The molecule has 0 fully saturated rings. The maximum Gasteiger partial charge on any atom is 0.258 e. The molecule has 3 aromatic rings. The largest absolute Gasteiger partial charge is 0.483 e. The molecule has 0 aliphatic heterocycles. The number of thiazole rings is 1. The summed E-state index contributed by atoms with van der Waals surface area (Å²) in [7, 11) is 0. The number of aromatic nitrogens is 1. The van der Waals surface area contributed by atoms with Gasteiger partial charge in [-0.05, 0) is 17.0 Å². The number of amides is 1. The number of nitrogens with zero attached hydrogens (tertiary/aromatic N) is 1. The first-order chi connectivity index (χ1) is 12.9. The molecule has 0 saturated heterocycles. The van der Waals surface area contributed by atoms with Crippen molar-refractivity contribution < 1.29 is 9.53 Å². The van der Waals surface area contributed by atoms with E-state index < -0.39 is 0 Å². The van der Waals surface area contributed by atoms with Gasteiger partial charge in [-0.3, -0.25) is 4.79 Å². The first kappa shape index (κ1) is 19.1. The molecule has 2 aromatic carbocycles. The van der Waals surface area contributed by atoms with Gasteiger partial charge in [-0.15, -0.1) is 11.3 Å². The Kier molecular flexibility index (Phi) is 5.91. The van der Waals surface area contributed by atoms with Crippen LogP contribution in [0.15, 0.2) is 60.0 Å². The number of hydrogen-bond acceptors (Lipinski definition) is 4. The second kappa shape index (κ2) is 8.35. The first-order valence-corrected chi connectivity index (χ1v) is 9.80. The van der Waals surface area contributed by atoms with Gasteiger partial charge in [-0.2, -0.15) is 0 Å². The minimum absolute atomic E-state index is 0.0111. The Hall–Kier alpha value is -2.66. The second-order valence-corrected chi connectivity index (χ2v) is 8.18. The van der Waals surface area contributed by atoms with Gasteiger partial charge in [-0.25, -0.2) is 4.98 Å². The van der Waals surface area contributed by atoms with Crippen molar-refractivity contribution in [3.8, 4) is 16.3 Å². The van der Waals surface area contributed by atoms with Crippen LogP contribution in [-0.2, 0) is 16.8 Å². The summed E-state index contributed by atoms with van der Waals surface area (Å²) in [6.07, 6.45) is 0. The van der Waals surface area contributed by atoms with Crippen molar-refractivity contribution in [3.63, 3.8) is 0 Å². The van der Waals surface area contributed by atoms with Crippen LogP contribution < -0.4 is 10.1 Å². The summed E-state index contributed by atoms with van der Waals surface area (Å²) in [4.78, 5) is 16.7. The Labute approximate surface area is 164 Å². The van der Waals surface area contributed by atoms with E-state index in [4.69, 9.17) is 4.74 Å². The van der Waals surface area contributed by atoms with Crippen LogP contribution in [0.2, 0.25) is 0 Å². The van der Waals surface area contributed by atoms with E-state index in [1.807, 2.05) is 60.0 Å². The van der Waals surface area contributed by atoms with E-state index in [1.54, 1.807) is 11.3 Å². The van der Waals surface area contributed by atoms with E-state index >= 15 is 0 Å². The molecule has 27 heavy (non-hydrogen) atoms. The van der Waals surface area contributed by atoms with Crippen LogP contribution in [-0.4, -0.2) is 17.5 Å². The zero-order valence-electron chi connectivity index (χ0n) is 15.9. The lowest BCUT2D eigenvalue weighted by atomic mass is 9.86. The molecule has 5 heteroatoms. The molecule has 0 aliphatic carbocycles. The van der Waals surface area contributed by atoms with Gasteiger partial charge >= 0.3 is 0 Å². The van der Waals surface area contributed by atoms with E-state index in [1.165, 1.54) is 0 Å². The van der Waals surface area contributed by atoms with Crippen LogP contribution in [0.3, 0.4) is 0 Å². The van der Waals surface area contributed by atoms with E-state index in [2.05, 4.69) is 31.1 Å². The van der Waals surface area contributed by atoms with Gasteiger partial charge < -0.3 is 10.1 Å². The number of nitrogens with one attached hydrogen (secondary N) is 1. The topological polar surface area (TPSA) is 51.2 Å². The van der Waals surface area contributed by atoms with Crippen molar-refractivity contribution in [2.45, 2.75) is 32.7 Å². The van der Waals surface area contributed by atoms with Crippen LogP contribution in [0.1, 0.15) is 32.0 Å². The lowest BCUT2D eigenvalue weighted by Crippen LogP contribution is -2.29. The molecule has 0 bridgehead atoms. The predicted octanol–water partition coefficient (Wildman–Crippen LogP) is 4.80. The highest BCUT2D eigenvalue weighted by atomic mass is 32.1. The van der Waals surface area contributed by atoms with Crippen molar-refractivity contribution in [1.82, 2.24) is 10.3 Å². The molecular weight excluding hydrogens is 356 g/mol. The fourth-order valence-corrected chi connectivity index (χ4v) is 3.52. The first-order valence-electron chi connectivity index (χ1n) is 8.92. The molecular formula is C22H24N2O2S. The van der Waals surface area contributed by atoms with Crippen molar-refractivity contribution in [3.05, 3.63) is 71.2 Å². The highest BCUT2D eigenvalue weighted by Crippen LogP contribution is 2.30. The number of para-hydroxylation sites is 1. The number of benzene rings is 2. The van der Waals surface area contributed by atoms with Crippen LogP contribution in [0.25, 0.3) is 10.6 Å². The SMILES string of the molecule is CC(C)(C)c1ccccc1OCC(=O)NCc1csc(-c2ccccc2)n1. The average Bonchev–Trinajstić information content (AvgIpc) is 3.14. The summed E-state index contributed by atoms with van der Waals surface area (Å²) in [5.74, 6) is 0.591. The third kappa shape index (κ3) is 5.17. The van der Waals surface area contributed by atoms with Gasteiger partial charge in [0.1, 0.15) is 10.8 Å². The molecule has 1 aromatic heterocycles. The molecule has 1 N–H and O–H groups in total. The van der Waals surface area contributed by atoms with Gasteiger partial charge in [0.05, 0.1) is 12.2 Å². The highest BCUT2D eigenvalue weighted by Gasteiger charge is 2.18. The van der Waals surface area contributed by atoms with Crippen molar-refractivity contribution >= 4 is 17.2 Å². The summed E-state index contributed by atoms with van der Waals surface area (Å²) in [5, 5.41) is 5.80. The Balaban J connectivity index is 1.53. The molecule has 0 unspecified atom stereocenters. The average molecular weight is 381 g/mol.